The third-order valence-corrected chi connectivity index (χ3v) is 4.39. The maximum absolute atomic E-state index is 12.5. The summed E-state index contributed by atoms with van der Waals surface area (Å²) in [5, 5.41) is 2.58. The number of carbonyl (C=O) groups is 4. The molecule has 28 heavy (non-hydrogen) atoms. The van der Waals surface area contributed by atoms with Gasteiger partial charge in [-0.15, -0.1) is 0 Å². The molecule has 7 heteroatoms. The van der Waals surface area contributed by atoms with Crippen LogP contribution in [0.25, 0.3) is 0 Å². The monoisotopic (exact) mass is 380 g/mol. The number of ether oxygens (including phenoxy) is 1. The molecular formula is C21H20N2O5. The van der Waals surface area contributed by atoms with E-state index in [1.54, 1.807) is 55.5 Å². The molecule has 0 radical (unpaired) electrons. The zero-order chi connectivity index (χ0) is 20.3. The molecule has 2 aromatic carbocycles. The van der Waals surface area contributed by atoms with Gasteiger partial charge in [0.2, 0.25) is 0 Å². The molecule has 0 saturated heterocycles. The van der Waals surface area contributed by atoms with Crippen LogP contribution in [0.3, 0.4) is 0 Å². The largest absolute Gasteiger partial charge is 0.449 e. The van der Waals surface area contributed by atoms with Gasteiger partial charge >= 0.3 is 5.97 Å². The normalized spacial score (nSPS) is 13.9. The van der Waals surface area contributed by atoms with Crippen molar-refractivity contribution >= 4 is 23.7 Å². The third-order valence-electron chi connectivity index (χ3n) is 4.39. The summed E-state index contributed by atoms with van der Waals surface area (Å²) in [5.41, 5.74) is 1.59. The first-order valence-corrected chi connectivity index (χ1v) is 8.95. The van der Waals surface area contributed by atoms with E-state index in [2.05, 4.69) is 5.32 Å². The Kier molecular flexibility index (Phi) is 5.54. The number of nitrogens with one attached hydrogen (secondary N) is 1. The van der Waals surface area contributed by atoms with Gasteiger partial charge in [-0.3, -0.25) is 19.3 Å². The van der Waals surface area contributed by atoms with Gasteiger partial charge in [0.1, 0.15) is 0 Å². The maximum Gasteiger partial charge on any atom is 0.338 e. The Morgan fingerprint density at radius 2 is 1.68 bits per heavy atom. The smallest absolute Gasteiger partial charge is 0.338 e. The number of likely N-dealkylation sites (N-methyl/N-ethyl adjacent to an activating group) is 1. The Bertz CT molecular complexity index is 918. The van der Waals surface area contributed by atoms with Crippen LogP contribution in [0.5, 0.6) is 0 Å². The highest BCUT2D eigenvalue weighted by Crippen LogP contribution is 2.24. The molecule has 0 fully saturated rings. The lowest BCUT2D eigenvalue weighted by atomic mass is 10.1. The summed E-state index contributed by atoms with van der Waals surface area (Å²) in [5.74, 6) is -1.75. The molecule has 0 bridgehead atoms. The molecule has 2 aromatic rings. The number of hydrogen-bond donors (Lipinski definition) is 1. The maximum atomic E-state index is 12.5. The molecule has 0 aromatic heterocycles. The number of hydrogen-bond acceptors (Lipinski definition) is 5. The van der Waals surface area contributed by atoms with Crippen LogP contribution in [0.1, 0.15) is 50.5 Å². The van der Waals surface area contributed by atoms with E-state index in [0.29, 0.717) is 23.2 Å². The molecular weight excluding hydrogens is 360 g/mol. The van der Waals surface area contributed by atoms with Crippen LogP contribution in [-0.4, -0.2) is 41.2 Å². The Labute approximate surface area is 162 Å². The Balaban J connectivity index is 1.72. The number of rotatable bonds is 6. The third kappa shape index (κ3) is 3.78. The Morgan fingerprint density at radius 3 is 2.29 bits per heavy atom. The molecule has 1 heterocycles. The first-order chi connectivity index (χ1) is 13.4. The van der Waals surface area contributed by atoms with Crippen molar-refractivity contribution in [3.63, 3.8) is 0 Å². The van der Waals surface area contributed by atoms with Crippen LogP contribution in [0.2, 0.25) is 0 Å². The lowest BCUT2D eigenvalue weighted by molar-refractivity contribution is -0.128. The average molecular weight is 380 g/mol. The van der Waals surface area contributed by atoms with E-state index in [0.717, 1.165) is 4.90 Å². The molecule has 1 N–H and O–H groups in total. The zero-order valence-electron chi connectivity index (χ0n) is 15.6. The predicted molar refractivity (Wildman–Crippen MR) is 101 cm³/mol. The summed E-state index contributed by atoms with van der Waals surface area (Å²) in [6, 6.07) is 13.1. The number of imide groups is 1. The Hall–Kier alpha value is -3.48. The van der Waals surface area contributed by atoms with Gasteiger partial charge < -0.3 is 10.1 Å². The van der Waals surface area contributed by atoms with E-state index in [1.807, 2.05) is 0 Å². The summed E-state index contributed by atoms with van der Waals surface area (Å²) < 4.78 is 5.17. The van der Waals surface area contributed by atoms with Gasteiger partial charge in [0, 0.05) is 6.54 Å². The van der Waals surface area contributed by atoms with Crippen molar-refractivity contribution in [3.05, 3.63) is 70.8 Å². The first kappa shape index (κ1) is 19.3. The lowest BCUT2D eigenvalue weighted by Gasteiger charge is -2.15. The van der Waals surface area contributed by atoms with Crippen LogP contribution in [0.4, 0.5) is 0 Å². The minimum absolute atomic E-state index is 0.0410. The van der Waals surface area contributed by atoms with E-state index in [9.17, 15) is 19.2 Å². The standard InChI is InChI=1S/C21H20N2O5/c1-3-22-18(24)13(2)28-21(27)15-8-6-7-14(11-15)12-23-19(25)16-9-4-5-10-17(16)20(23)26/h4-11,13H,3,12H2,1-2H3,(H,22,24)/t13-/m1/s1. The number of fused-ring (bicyclic) bond motifs is 1. The van der Waals surface area contributed by atoms with E-state index in [-0.39, 0.29) is 29.8 Å². The highest BCUT2D eigenvalue weighted by molar-refractivity contribution is 6.21. The average Bonchev–Trinajstić information content (AvgIpc) is 2.93. The van der Waals surface area contributed by atoms with Crippen molar-refractivity contribution in [2.24, 2.45) is 0 Å². The molecule has 3 rings (SSSR count). The summed E-state index contributed by atoms with van der Waals surface area (Å²) in [7, 11) is 0. The molecule has 0 spiro atoms. The first-order valence-electron chi connectivity index (χ1n) is 8.95. The molecule has 0 unspecified atom stereocenters. The van der Waals surface area contributed by atoms with E-state index in [4.69, 9.17) is 4.74 Å². The minimum atomic E-state index is -0.924. The number of esters is 1. The van der Waals surface area contributed by atoms with Crippen LogP contribution in [-0.2, 0) is 16.1 Å². The number of nitrogens with zero attached hydrogens (tertiary/aromatic N) is 1. The van der Waals surface area contributed by atoms with Crippen LogP contribution < -0.4 is 5.32 Å². The molecule has 0 aliphatic carbocycles. The lowest BCUT2D eigenvalue weighted by Crippen LogP contribution is -2.35. The number of benzene rings is 2. The number of amides is 3. The van der Waals surface area contributed by atoms with Gasteiger partial charge in [0.05, 0.1) is 23.2 Å². The molecule has 0 saturated carbocycles. The molecule has 1 aliphatic rings. The van der Waals surface area contributed by atoms with Crippen LogP contribution in [0.15, 0.2) is 48.5 Å². The zero-order valence-corrected chi connectivity index (χ0v) is 15.6. The van der Waals surface area contributed by atoms with E-state index in [1.165, 1.54) is 6.92 Å². The van der Waals surface area contributed by atoms with Crippen LogP contribution >= 0.6 is 0 Å². The molecule has 3 amide bonds. The van der Waals surface area contributed by atoms with Gasteiger partial charge in [0.15, 0.2) is 6.10 Å². The molecule has 1 atom stereocenters. The van der Waals surface area contributed by atoms with Crippen molar-refractivity contribution in [2.45, 2.75) is 26.5 Å². The fourth-order valence-corrected chi connectivity index (χ4v) is 2.96. The van der Waals surface area contributed by atoms with E-state index < -0.39 is 12.1 Å². The summed E-state index contributed by atoms with van der Waals surface area (Å²) in [6.07, 6.45) is -0.924. The van der Waals surface area contributed by atoms with Crippen molar-refractivity contribution < 1.29 is 23.9 Å². The predicted octanol–water partition coefficient (Wildman–Crippen LogP) is 2.16. The second-order valence-electron chi connectivity index (χ2n) is 6.38. The van der Waals surface area contributed by atoms with Gasteiger partial charge in [-0.25, -0.2) is 4.79 Å². The topological polar surface area (TPSA) is 92.8 Å². The highest BCUT2D eigenvalue weighted by Gasteiger charge is 2.35. The summed E-state index contributed by atoms with van der Waals surface area (Å²) >= 11 is 0. The molecule has 7 nitrogen and oxygen atoms in total. The highest BCUT2D eigenvalue weighted by atomic mass is 16.5. The summed E-state index contributed by atoms with van der Waals surface area (Å²) in [4.78, 5) is 50.1. The van der Waals surface area contributed by atoms with Crippen molar-refractivity contribution in [1.29, 1.82) is 0 Å². The van der Waals surface area contributed by atoms with Crippen molar-refractivity contribution in [1.82, 2.24) is 10.2 Å². The summed E-state index contributed by atoms with van der Waals surface area (Å²) in [6.45, 7) is 3.75. The van der Waals surface area contributed by atoms with Gasteiger partial charge in [0.25, 0.3) is 17.7 Å². The second kappa shape index (κ2) is 8.04. The fraction of sp³-hybridized carbons (Fsp3) is 0.238. The van der Waals surface area contributed by atoms with Gasteiger partial charge in [-0.1, -0.05) is 24.3 Å². The fourth-order valence-electron chi connectivity index (χ4n) is 2.96. The molecule has 144 valence electrons. The van der Waals surface area contributed by atoms with E-state index >= 15 is 0 Å². The Morgan fingerprint density at radius 1 is 1.04 bits per heavy atom. The number of carbonyl (C=O) groups excluding carboxylic acids is 4. The molecule has 1 aliphatic heterocycles. The van der Waals surface area contributed by atoms with Crippen LogP contribution in [0, 0.1) is 0 Å². The van der Waals surface area contributed by atoms with Gasteiger partial charge in [-0.2, -0.15) is 0 Å². The van der Waals surface area contributed by atoms with Gasteiger partial charge in [-0.05, 0) is 43.7 Å². The van der Waals surface area contributed by atoms with Crippen molar-refractivity contribution in [2.75, 3.05) is 6.54 Å². The second-order valence-corrected chi connectivity index (χ2v) is 6.38. The van der Waals surface area contributed by atoms with Crippen molar-refractivity contribution in [3.8, 4) is 0 Å². The SMILES string of the molecule is CCNC(=O)[C@@H](C)OC(=O)c1cccc(CN2C(=O)c3ccccc3C2=O)c1. The minimum Gasteiger partial charge on any atom is -0.449 e. The quantitative estimate of drug-likeness (QED) is 0.612.